The van der Waals surface area contributed by atoms with Crippen molar-refractivity contribution in [3.63, 3.8) is 0 Å². The molecule has 0 saturated heterocycles. The first-order valence-electron chi connectivity index (χ1n) is 8.44. The molecule has 0 saturated carbocycles. The van der Waals surface area contributed by atoms with Crippen molar-refractivity contribution in [2.75, 3.05) is 7.11 Å². The number of hydrogen-bond donors (Lipinski definition) is 2. The van der Waals surface area contributed by atoms with Crippen LogP contribution in [0, 0.1) is 11.6 Å². The molecule has 2 N–H and O–H groups in total. The Labute approximate surface area is 159 Å². The van der Waals surface area contributed by atoms with Crippen LogP contribution in [0.5, 0.6) is 5.75 Å². The minimum atomic E-state index is -1.03. The van der Waals surface area contributed by atoms with E-state index in [1.165, 1.54) is 6.92 Å². The molecule has 0 radical (unpaired) electrons. The van der Waals surface area contributed by atoms with Gasteiger partial charge in [0, 0.05) is 18.2 Å². The number of aliphatic hydroxyl groups excluding tert-OH is 1. The quantitative estimate of drug-likeness (QED) is 0.674. The average molecular weight is 388 g/mol. The SMILES string of the molecule is COc1ccc(-c2noc(C(=O)NCc3cc(F)cc(F)c3)c2[C@H](C)O)cc1. The molecule has 1 heterocycles. The first-order chi connectivity index (χ1) is 13.4. The van der Waals surface area contributed by atoms with Gasteiger partial charge in [0.05, 0.1) is 18.8 Å². The highest BCUT2D eigenvalue weighted by molar-refractivity contribution is 5.94. The number of amides is 1. The molecule has 28 heavy (non-hydrogen) atoms. The van der Waals surface area contributed by atoms with Crippen molar-refractivity contribution in [2.45, 2.75) is 19.6 Å². The number of carbonyl (C=O) groups is 1. The van der Waals surface area contributed by atoms with Crippen LogP contribution in [0.15, 0.2) is 47.0 Å². The molecule has 1 amide bonds. The third-order valence-electron chi connectivity index (χ3n) is 4.09. The van der Waals surface area contributed by atoms with E-state index >= 15 is 0 Å². The van der Waals surface area contributed by atoms with E-state index in [1.807, 2.05) is 0 Å². The van der Waals surface area contributed by atoms with Crippen LogP contribution in [0.2, 0.25) is 0 Å². The Bertz CT molecular complexity index is 964. The molecular formula is C20H18F2N2O4. The molecule has 3 aromatic rings. The van der Waals surface area contributed by atoms with E-state index in [0.29, 0.717) is 17.0 Å². The molecule has 0 unspecified atom stereocenters. The van der Waals surface area contributed by atoms with E-state index in [1.54, 1.807) is 31.4 Å². The van der Waals surface area contributed by atoms with Crippen molar-refractivity contribution in [3.8, 4) is 17.0 Å². The predicted molar refractivity (Wildman–Crippen MR) is 96.7 cm³/mol. The summed E-state index contributed by atoms with van der Waals surface area (Å²) in [6, 6.07) is 9.85. The van der Waals surface area contributed by atoms with Gasteiger partial charge >= 0.3 is 0 Å². The number of halogens is 2. The molecule has 0 spiro atoms. The number of carbonyl (C=O) groups excluding carboxylic acids is 1. The van der Waals surface area contributed by atoms with Crippen molar-refractivity contribution < 1.29 is 27.9 Å². The van der Waals surface area contributed by atoms with Gasteiger partial charge in [-0.3, -0.25) is 4.79 Å². The van der Waals surface area contributed by atoms with Crippen LogP contribution in [0.3, 0.4) is 0 Å². The first kappa shape index (κ1) is 19.5. The van der Waals surface area contributed by atoms with Crippen LogP contribution in [0.25, 0.3) is 11.3 Å². The lowest BCUT2D eigenvalue weighted by atomic mass is 10.0. The van der Waals surface area contributed by atoms with E-state index < -0.39 is 23.6 Å². The lowest BCUT2D eigenvalue weighted by molar-refractivity contribution is 0.0905. The third-order valence-corrected chi connectivity index (χ3v) is 4.09. The summed E-state index contributed by atoms with van der Waals surface area (Å²) in [7, 11) is 1.54. The molecule has 0 aliphatic carbocycles. The van der Waals surface area contributed by atoms with Gasteiger partial charge in [0.15, 0.2) is 0 Å². The van der Waals surface area contributed by atoms with E-state index in [0.717, 1.165) is 18.2 Å². The Morgan fingerprint density at radius 1 is 1.21 bits per heavy atom. The van der Waals surface area contributed by atoms with Gasteiger partial charge in [0.25, 0.3) is 5.91 Å². The Morgan fingerprint density at radius 2 is 1.86 bits per heavy atom. The third kappa shape index (κ3) is 4.17. The van der Waals surface area contributed by atoms with Crippen LogP contribution in [0.1, 0.15) is 34.7 Å². The van der Waals surface area contributed by atoms with E-state index in [9.17, 15) is 18.7 Å². The number of nitrogens with one attached hydrogen (secondary N) is 1. The van der Waals surface area contributed by atoms with E-state index in [2.05, 4.69) is 10.5 Å². The Morgan fingerprint density at radius 3 is 2.43 bits per heavy atom. The largest absolute Gasteiger partial charge is 0.497 e. The van der Waals surface area contributed by atoms with Crippen LogP contribution >= 0.6 is 0 Å². The van der Waals surface area contributed by atoms with Crippen LogP contribution < -0.4 is 10.1 Å². The summed E-state index contributed by atoms with van der Waals surface area (Å²) in [6.07, 6.45) is -1.03. The van der Waals surface area contributed by atoms with Gasteiger partial charge in [-0.15, -0.1) is 0 Å². The molecular weight excluding hydrogens is 370 g/mol. The molecule has 0 aliphatic rings. The maximum Gasteiger partial charge on any atom is 0.290 e. The van der Waals surface area contributed by atoms with Crippen molar-refractivity contribution in [3.05, 3.63) is 71.0 Å². The number of hydrogen-bond acceptors (Lipinski definition) is 5. The maximum atomic E-state index is 13.3. The average Bonchev–Trinajstić information content (AvgIpc) is 3.11. The topological polar surface area (TPSA) is 84.6 Å². The number of nitrogens with zero attached hydrogens (tertiary/aromatic N) is 1. The minimum Gasteiger partial charge on any atom is -0.497 e. The van der Waals surface area contributed by atoms with Gasteiger partial charge in [0.1, 0.15) is 23.1 Å². The molecule has 146 valence electrons. The Hall–Kier alpha value is -3.26. The fourth-order valence-corrected chi connectivity index (χ4v) is 2.78. The second kappa shape index (κ2) is 8.18. The van der Waals surface area contributed by atoms with Crippen LogP contribution in [-0.4, -0.2) is 23.3 Å². The van der Waals surface area contributed by atoms with Crippen molar-refractivity contribution >= 4 is 5.91 Å². The zero-order valence-electron chi connectivity index (χ0n) is 15.2. The first-order valence-corrected chi connectivity index (χ1v) is 8.44. The molecule has 1 aromatic heterocycles. The second-order valence-electron chi connectivity index (χ2n) is 6.14. The molecule has 6 nitrogen and oxygen atoms in total. The predicted octanol–water partition coefficient (Wildman–Crippen LogP) is 3.61. The lowest BCUT2D eigenvalue weighted by Gasteiger charge is -2.08. The molecule has 0 fully saturated rings. The monoisotopic (exact) mass is 388 g/mol. The molecule has 8 heteroatoms. The van der Waals surface area contributed by atoms with Gasteiger partial charge < -0.3 is 19.7 Å². The summed E-state index contributed by atoms with van der Waals surface area (Å²) in [4.78, 5) is 12.5. The molecule has 3 rings (SSSR count). The Balaban J connectivity index is 1.84. The number of benzene rings is 2. The highest BCUT2D eigenvalue weighted by atomic mass is 19.1. The summed E-state index contributed by atoms with van der Waals surface area (Å²) in [5, 5.41) is 16.6. The van der Waals surface area contributed by atoms with Crippen molar-refractivity contribution in [2.24, 2.45) is 0 Å². The van der Waals surface area contributed by atoms with Crippen molar-refractivity contribution in [1.29, 1.82) is 0 Å². The molecule has 1 atom stereocenters. The minimum absolute atomic E-state index is 0.120. The van der Waals surface area contributed by atoms with Crippen LogP contribution in [-0.2, 0) is 6.54 Å². The molecule has 0 aliphatic heterocycles. The number of ether oxygens (including phenoxy) is 1. The zero-order valence-corrected chi connectivity index (χ0v) is 15.2. The smallest absolute Gasteiger partial charge is 0.290 e. The summed E-state index contributed by atoms with van der Waals surface area (Å²) in [5.74, 6) is -1.66. The Kier molecular flexibility index (Phi) is 5.70. The van der Waals surface area contributed by atoms with Gasteiger partial charge in [-0.05, 0) is 48.9 Å². The summed E-state index contributed by atoms with van der Waals surface area (Å²) in [6.45, 7) is 1.36. The summed E-state index contributed by atoms with van der Waals surface area (Å²) in [5.41, 5.74) is 1.42. The fraction of sp³-hybridized carbons (Fsp3) is 0.200. The van der Waals surface area contributed by atoms with Gasteiger partial charge in [-0.1, -0.05) is 5.16 Å². The molecule has 2 aromatic carbocycles. The van der Waals surface area contributed by atoms with Gasteiger partial charge in [-0.2, -0.15) is 0 Å². The zero-order chi connectivity index (χ0) is 20.3. The number of aromatic nitrogens is 1. The highest BCUT2D eigenvalue weighted by Gasteiger charge is 2.26. The number of rotatable bonds is 6. The molecule has 0 bridgehead atoms. The lowest BCUT2D eigenvalue weighted by Crippen LogP contribution is -2.24. The van der Waals surface area contributed by atoms with E-state index in [-0.39, 0.29) is 23.4 Å². The standard InChI is InChI=1S/C20H18F2N2O4/c1-11(25)17-18(13-3-5-16(27-2)6-4-13)24-28-19(17)20(26)23-10-12-7-14(21)9-15(22)8-12/h3-9,11,25H,10H2,1-2H3,(H,23,26)/t11-/m0/s1. The van der Waals surface area contributed by atoms with E-state index in [4.69, 9.17) is 9.26 Å². The fourth-order valence-electron chi connectivity index (χ4n) is 2.78. The number of aliphatic hydroxyl groups is 1. The summed E-state index contributed by atoms with van der Waals surface area (Å²) >= 11 is 0. The van der Waals surface area contributed by atoms with Crippen molar-refractivity contribution in [1.82, 2.24) is 10.5 Å². The van der Waals surface area contributed by atoms with Crippen LogP contribution in [0.4, 0.5) is 8.78 Å². The summed E-state index contributed by atoms with van der Waals surface area (Å²) < 4.78 is 36.8. The normalized spacial score (nSPS) is 11.9. The van der Waals surface area contributed by atoms with Gasteiger partial charge in [0.2, 0.25) is 5.76 Å². The number of methoxy groups -OCH3 is 1. The highest BCUT2D eigenvalue weighted by Crippen LogP contribution is 2.31. The second-order valence-corrected chi connectivity index (χ2v) is 6.14. The maximum absolute atomic E-state index is 13.3. The van der Waals surface area contributed by atoms with Gasteiger partial charge in [-0.25, -0.2) is 8.78 Å².